The lowest BCUT2D eigenvalue weighted by molar-refractivity contribution is -0.128. The van der Waals surface area contributed by atoms with E-state index in [1.54, 1.807) is 0 Å². The van der Waals surface area contributed by atoms with E-state index in [1.807, 2.05) is 13.8 Å². The smallest absolute Gasteiger partial charge is 0.226 e. The third-order valence-electron chi connectivity index (χ3n) is 3.65. The molecular weight excluding hydrogens is 236 g/mol. The third-order valence-corrected chi connectivity index (χ3v) is 4.32. The van der Waals surface area contributed by atoms with Gasteiger partial charge in [0.2, 0.25) is 5.91 Å². The van der Waals surface area contributed by atoms with Crippen molar-refractivity contribution in [1.82, 2.24) is 10.2 Å². The Kier molecular flexibility index (Phi) is 5.74. The van der Waals surface area contributed by atoms with Crippen molar-refractivity contribution in [2.24, 2.45) is 11.3 Å². The van der Waals surface area contributed by atoms with Crippen LogP contribution in [0, 0.1) is 11.3 Å². The largest absolute Gasteiger partial charge is 0.355 e. The van der Waals surface area contributed by atoms with Crippen LogP contribution in [0.5, 0.6) is 0 Å². The third kappa shape index (κ3) is 4.47. The van der Waals surface area contributed by atoms with Gasteiger partial charge in [0.1, 0.15) is 0 Å². The summed E-state index contributed by atoms with van der Waals surface area (Å²) in [7, 11) is 0. The molecule has 1 fully saturated rings. The molecule has 0 unspecified atom stereocenters. The number of hydrogen-bond donors (Lipinski definition) is 1. The van der Waals surface area contributed by atoms with E-state index in [2.05, 4.69) is 17.1 Å². The lowest BCUT2D eigenvalue weighted by Gasteiger charge is -2.31. The fourth-order valence-electron chi connectivity index (χ4n) is 2.04. The molecule has 0 atom stereocenters. The summed E-state index contributed by atoms with van der Waals surface area (Å²) in [5.41, 5.74) is -0.453. The van der Waals surface area contributed by atoms with Crippen molar-refractivity contribution in [3.8, 4) is 0 Å². The minimum absolute atomic E-state index is 0.0745. The Morgan fingerprint density at radius 1 is 1.41 bits per heavy atom. The molecule has 1 amide bonds. The van der Waals surface area contributed by atoms with Crippen LogP contribution in [0.1, 0.15) is 33.6 Å². The van der Waals surface area contributed by atoms with Gasteiger partial charge in [-0.2, -0.15) is 0 Å². The molecule has 1 aliphatic heterocycles. The van der Waals surface area contributed by atoms with Crippen molar-refractivity contribution >= 4 is 17.5 Å². The van der Waals surface area contributed by atoms with Crippen molar-refractivity contribution in [2.75, 3.05) is 32.1 Å². The number of nitrogens with zero attached hydrogens (tertiary/aromatic N) is 1. The molecule has 1 N–H and O–H groups in total. The van der Waals surface area contributed by atoms with Crippen LogP contribution < -0.4 is 5.32 Å². The van der Waals surface area contributed by atoms with Crippen molar-refractivity contribution in [1.29, 1.82) is 0 Å². The number of amides is 1. The lowest BCUT2D eigenvalue weighted by atomic mass is 9.93. The number of rotatable bonds is 5. The highest BCUT2D eigenvalue weighted by Crippen LogP contribution is 2.19. The van der Waals surface area contributed by atoms with Crippen LogP contribution in [0.25, 0.3) is 0 Å². The number of alkyl halides is 1. The fourth-order valence-corrected chi connectivity index (χ4v) is 2.17. The summed E-state index contributed by atoms with van der Waals surface area (Å²) in [5.74, 6) is 1.07. The Hall–Kier alpha value is -0.280. The summed E-state index contributed by atoms with van der Waals surface area (Å²) in [4.78, 5) is 14.3. The van der Waals surface area contributed by atoms with E-state index in [9.17, 15) is 4.79 Å². The Morgan fingerprint density at radius 3 is 2.47 bits per heavy atom. The summed E-state index contributed by atoms with van der Waals surface area (Å²) in [6, 6.07) is 0. The molecule has 1 heterocycles. The van der Waals surface area contributed by atoms with Crippen LogP contribution >= 0.6 is 11.6 Å². The second-order valence-corrected chi connectivity index (χ2v) is 5.87. The second kappa shape index (κ2) is 6.60. The summed E-state index contributed by atoms with van der Waals surface area (Å²) in [6.45, 7) is 10.2. The molecule has 0 aromatic heterocycles. The summed E-state index contributed by atoms with van der Waals surface area (Å²) in [6.07, 6.45) is 2.38. The average Bonchev–Trinajstić information content (AvgIpc) is 2.36. The van der Waals surface area contributed by atoms with Crippen LogP contribution in [-0.2, 0) is 4.79 Å². The Balaban J connectivity index is 2.26. The molecule has 1 saturated heterocycles. The molecule has 17 heavy (non-hydrogen) atoms. The van der Waals surface area contributed by atoms with Gasteiger partial charge in [-0.1, -0.05) is 6.92 Å². The Morgan fingerprint density at radius 2 is 2.00 bits per heavy atom. The van der Waals surface area contributed by atoms with E-state index in [1.165, 1.54) is 12.8 Å². The standard InChI is InChI=1S/C13H25ClN2O/c1-4-16-7-5-11(6-8-16)9-15-12(17)13(2,3)10-14/h11H,4-10H2,1-3H3,(H,15,17). The predicted octanol–water partition coefficient (Wildman–Crippen LogP) is 2.10. The number of carbonyl (C=O) groups excluding carboxylic acids is 1. The van der Waals surface area contributed by atoms with Gasteiger partial charge in [0.25, 0.3) is 0 Å². The first-order valence-electron chi connectivity index (χ1n) is 6.56. The molecule has 3 nitrogen and oxygen atoms in total. The van der Waals surface area contributed by atoms with Gasteiger partial charge < -0.3 is 10.2 Å². The van der Waals surface area contributed by atoms with Gasteiger partial charge in [0, 0.05) is 12.4 Å². The SMILES string of the molecule is CCN1CCC(CNC(=O)C(C)(C)CCl)CC1. The molecule has 4 heteroatoms. The van der Waals surface area contributed by atoms with E-state index in [0.717, 1.165) is 26.2 Å². The summed E-state index contributed by atoms with van der Waals surface area (Å²) in [5, 5.41) is 3.03. The van der Waals surface area contributed by atoms with Gasteiger partial charge in [0.05, 0.1) is 5.41 Å². The second-order valence-electron chi connectivity index (χ2n) is 5.61. The van der Waals surface area contributed by atoms with E-state index in [0.29, 0.717) is 11.8 Å². The van der Waals surface area contributed by atoms with E-state index in [-0.39, 0.29) is 5.91 Å². The first kappa shape index (κ1) is 14.8. The van der Waals surface area contributed by atoms with Gasteiger partial charge in [0.15, 0.2) is 0 Å². The lowest BCUT2D eigenvalue weighted by Crippen LogP contribution is -2.43. The van der Waals surface area contributed by atoms with Crippen LogP contribution in [0.3, 0.4) is 0 Å². The number of likely N-dealkylation sites (tertiary alicyclic amines) is 1. The average molecular weight is 261 g/mol. The minimum Gasteiger partial charge on any atom is -0.355 e. The minimum atomic E-state index is -0.453. The highest BCUT2D eigenvalue weighted by atomic mass is 35.5. The zero-order valence-corrected chi connectivity index (χ0v) is 12.0. The van der Waals surface area contributed by atoms with Crippen LogP contribution in [0.2, 0.25) is 0 Å². The predicted molar refractivity (Wildman–Crippen MR) is 72.3 cm³/mol. The summed E-state index contributed by atoms with van der Waals surface area (Å²) >= 11 is 5.78. The molecule has 0 bridgehead atoms. The van der Waals surface area contributed by atoms with Gasteiger partial charge in [-0.15, -0.1) is 11.6 Å². The molecule has 0 saturated carbocycles. The molecule has 0 aliphatic carbocycles. The maximum absolute atomic E-state index is 11.9. The quantitative estimate of drug-likeness (QED) is 0.768. The number of nitrogens with one attached hydrogen (secondary N) is 1. The van der Waals surface area contributed by atoms with Gasteiger partial charge >= 0.3 is 0 Å². The first-order chi connectivity index (χ1) is 7.99. The maximum atomic E-state index is 11.9. The summed E-state index contributed by atoms with van der Waals surface area (Å²) < 4.78 is 0. The van der Waals surface area contributed by atoms with Crippen molar-refractivity contribution in [3.05, 3.63) is 0 Å². The molecule has 0 radical (unpaired) electrons. The van der Waals surface area contributed by atoms with Crippen molar-refractivity contribution in [2.45, 2.75) is 33.6 Å². The Labute approximate surface area is 110 Å². The molecular formula is C13H25ClN2O. The van der Waals surface area contributed by atoms with Gasteiger partial charge in [-0.05, 0) is 52.2 Å². The highest BCUT2D eigenvalue weighted by molar-refractivity contribution is 6.19. The van der Waals surface area contributed by atoms with Crippen LogP contribution in [0.15, 0.2) is 0 Å². The highest BCUT2D eigenvalue weighted by Gasteiger charge is 2.27. The molecule has 0 aromatic rings. The molecule has 1 aliphatic rings. The van der Waals surface area contributed by atoms with Crippen LogP contribution in [0.4, 0.5) is 0 Å². The molecule has 0 spiro atoms. The van der Waals surface area contributed by atoms with Crippen molar-refractivity contribution < 1.29 is 4.79 Å². The zero-order valence-electron chi connectivity index (χ0n) is 11.3. The maximum Gasteiger partial charge on any atom is 0.226 e. The number of piperidine rings is 1. The molecule has 1 rings (SSSR count). The number of hydrogen-bond acceptors (Lipinski definition) is 2. The van der Waals surface area contributed by atoms with Gasteiger partial charge in [-0.25, -0.2) is 0 Å². The van der Waals surface area contributed by atoms with Crippen LogP contribution in [-0.4, -0.2) is 42.9 Å². The molecule has 0 aromatic carbocycles. The Bertz CT molecular complexity index is 248. The topological polar surface area (TPSA) is 32.3 Å². The first-order valence-corrected chi connectivity index (χ1v) is 7.09. The number of carbonyl (C=O) groups is 1. The van der Waals surface area contributed by atoms with E-state index in [4.69, 9.17) is 11.6 Å². The number of halogens is 1. The fraction of sp³-hybridized carbons (Fsp3) is 0.923. The van der Waals surface area contributed by atoms with Gasteiger partial charge in [-0.3, -0.25) is 4.79 Å². The van der Waals surface area contributed by atoms with E-state index < -0.39 is 5.41 Å². The van der Waals surface area contributed by atoms with E-state index >= 15 is 0 Å². The monoisotopic (exact) mass is 260 g/mol. The normalized spacial score (nSPS) is 19.3. The van der Waals surface area contributed by atoms with Crippen molar-refractivity contribution in [3.63, 3.8) is 0 Å². The zero-order chi connectivity index (χ0) is 12.9. The molecule has 100 valence electrons.